The van der Waals surface area contributed by atoms with Crippen molar-refractivity contribution in [3.63, 3.8) is 0 Å². The molecule has 1 heterocycles. The van der Waals surface area contributed by atoms with Gasteiger partial charge in [0.25, 0.3) is 0 Å². The summed E-state index contributed by atoms with van der Waals surface area (Å²) in [6.07, 6.45) is -0.964. The van der Waals surface area contributed by atoms with Crippen molar-refractivity contribution in [2.24, 2.45) is 7.05 Å². The molecule has 0 N–H and O–H groups in total. The summed E-state index contributed by atoms with van der Waals surface area (Å²) in [7, 11) is 2.54. The molecular weight excluding hydrogens is 345 g/mol. The molecule has 0 atom stereocenters. The monoisotopic (exact) mass is 367 g/mol. The molecule has 1 aromatic heterocycles. The molecule has 0 saturated heterocycles. The number of carbonyl (C=O) groups is 1. The Labute approximate surface area is 152 Å². The van der Waals surface area contributed by atoms with Crippen molar-refractivity contribution in [1.82, 2.24) is 19.9 Å². The highest BCUT2D eigenvalue weighted by molar-refractivity contribution is 5.69. The molecule has 0 saturated carbocycles. The average Bonchev–Trinajstić information content (AvgIpc) is 2.94. The first kappa shape index (κ1) is 16.4. The molecule has 0 fully saturated rings. The van der Waals surface area contributed by atoms with Crippen molar-refractivity contribution < 1.29 is 21.6 Å². The number of ether oxygens (including phenoxy) is 1. The first-order chi connectivity index (χ1) is 12.8. The number of nitro benzene ring substituents is 1. The third-order valence-electron chi connectivity index (χ3n) is 3.08. The van der Waals surface area contributed by atoms with Crippen molar-refractivity contribution in [3.05, 3.63) is 39.8 Å². The maximum absolute atomic E-state index is 14.6. The number of aromatic nitrogens is 3. The molecule has 0 unspecified atom stereocenters. The lowest BCUT2D eigenvalue weighted by atomic mass is 10.1. The summed E-state index contributed by atoms with van der Waals surface area (Å²) in [5.41, 5.74) is -2.60. The van der Waals surface area contributed by atoms with Crippen LogP contribution in [0.4, 0.5) is 14.9 Å². The fourth-order valence-electron chi connectivity index (χ4n) is 2.04. The van der Waals surface area contributed by atoms with Crippen LogP contribution in [0, 0.1) is 15.9 Å². The summed E-state index contributed by atoms with van der Waals surface area (Å²) in [5.74, 6) is -1.18. The van der Waals surface area contributed by atoms with Gasteiger partial charge in [0, 0.05) is 25.7 Å². The van der Waals surface area contributed by atoms with Gasteiger partial charge in [0.1, 0.15) is 17.0 Å². The molecule has 10 heteroatoms. The average molecular weight is 367 g/mol. The summed E-state index contributed by atoms with van der Waals surface area (Å²) < 4.78 is 36.5. The number of nitro groups is 1. The minimum atomic E-state index is -2.54. The Morgan fingerprint density at radius 3 is 2.69 bits per heavy atom. The molecular formula is C16H20FN5O4. The maximum atomic E-state index is 14.6. The quantitative estimate of drug-likeness (QED) is 0.608. The van der Waals surface area contributed by atoms with Crippen LogP contribution >= 0.6 is 0 Å². The molecule has 0 aliphatic heterocycles. The van der Waals surface area contributed by atoms with Gasteiger partial charge in [-0.25, -0.2) is 4.79 Å². The standard InChI is InChI=1S/C16H20FN5O4/c1-16(2,3)26-15(23)20(4)9-11-14(19-21(5)18-11)10-7-6-8-12(13(10)17)22(24)25/h6-8H,9H2,1-5H3/i9D2. The van der Waals surface area contributed by atoms with E-state index in [1.807, 2.05) is 0 Å². The van der Waals surface area contributed by atoms with Crippen LogP contribution in [0.25, 0.3) is 11.3 Å². The van der Waals surface area contributed by atoms with Crippen LogP contribution in [-0.2, 0) is 18.3 Å². The molecule has 0 bridgehead atoms. The molecule has 0 radical (unpaired) electrons. The number of hydrogen-bond donors (Lipinski definition) is 0. The third-order valence-corrected chi connectivity index (χ3v) is 3.08. The Bertz CT molecular complexity index is 926. The molecule has 2 rings (SSSR count). The van der Waals surface area contributed by atoms with Gasteiger partial charge in [-0.1, -0.05) is 6.07 Å². The van der Waals surface area contributed by atoms with Gasteiger partial charge >= 0.3 is 11.8 Å². The van der Waals surface area contributed by atoms with Gasteiger partial charge in [0.05, 0.1) is 14.2 Å². The van der Waals surface area contributed by atoms with E-state index in [2.05, 4.69) is 10.2 Å². The zero-order valence-corrected chi connectivity index (χ0v) is 15.0. The number of hydrogen-bond acceptors (Lipinski definition) is 6. The predicted octanol–water partition coefficient (Wildman–Crippen LogP) is 2.90. The Kier molecular flexibility index (Phi) is 4.46. The molecule has 1 amide bonds. The molecule has 2 aromatic rings. The zero-order chi connectivity index (χ0) is 21.4. The topological polar surface area (TPSA) is 103 Å². The molecule has 26 heavy (non-hydrogen) atoms. The van der Waals surface area contributed by atoms with Gasteiger partial charge in [0.2, 0.25) is 5.82 Å². The van der Waals surface area contributed by atoms with Crippen molar-refractivity contribution in [2.75, 3.05) is 7.05 Å². The van der Waals surface area contributed by atoms with Crippen LogP contribution in [0.5, 0.6) is 0 Å². The lowest BCUT2D eigenvalue weighted by Crippen LogP contribution is -2.34. The van der Waals surface area contributed by atoms with E-state index >= 15 is 0 Å². The smallest absolute Gasteiger partial charge is 0.410 e. The van der Waals surface area contributed by atoms with E-state index in [9.17, 15) is 19.3 Å². The van der Waals surface area contributed by atoms with Gasteiger partial charge in [-0.05, 0) is 26.8 Å². The Morgan fingerprint density at radius 1 is 1.46 bits per heavy atom. The summed E-state index contributed by atoms with van der Waals surface area (Å²) in [5, 5.41) is 18.9. The minimum Gasteiger partial charge on any atom is -0.444 e. The van der Waals surface area contributed by atoms with E-state index in [0.717, 1.165) is 17.9 Å². The molecule has 9 nitrogen and oxygen atoms in total. The molecule has 1 aromatic carbocycles. The van der Waals surface area contributed by atoms with Crippen LogP contribution in [-0.4, -0.2) is 43.6 Å². The van der Waals surface area contributed by atoms with E-state index in [0.29, 0.717) is 4.90 Å². The number of benzene rings is 1. The van der Waals surface area contributed by atoms with E-state index in [4.69, 9.17) is 7.48 Å². The molecule has 140 valence electrons. The van der Waals surface area contributed by atoms with E-state index < -0.39 is 34.6 Å². The Hall–Kier alpha value is -3.04. The van der Waals surface area contributed by atoms with Crippen LogP contribution in [0.3, 0.4) is 0 Å². The second-order valence-corrected chi connectivity index (χ2v) is 6.43. The minimum absolute atomic E-state index is 0.260. The van der Waals surface area contributed by atoms with Crippen LogP contribution in [0.2, 0.25) is 0 Å². The number of carbonyl (C=O) groups excluding carboxylic acids is 1. The van der Waals surface area contributed by atoms with E-state index in [-0.39, 0.29) is 17.0 Å². The molecule has 0 spiro atoms. The summed E-state index contributed by atoms with van der Waals surface area (Å²) in [4.78, 5) is 24.1. The Morgan fingerprint density at radius 2 is 2.12 bits per heavy atom. The SMILES string of the molecule is [2H]C([2H])(c1nn(C)nc1-c1cccc([N+](=O)[O-])c1F)N(C)C(=O)OC(C)(C)C. The second-order valence-electron chi connectivity index (χ2n) is 6.43. The van der Waals surface area contributed by atoms with Crippen molar-refractivity contribution in [1.29, 1.82) is 0 Å². The van der Waals surface area contributed by atoms with Gasteiger partial charge in [0.15, 0.2) is 0 Å². The molecule has 0 aliphatic carbocycles. The van der Waals surface area contributed by atoms with Gasteiger partial charge in [-0.3, -0.25) is 10.1 Å². The van der Waals surface area contributed by atoms with E-state index in [1.54, 1.807) is 20.8 Å². The lowest BCUT2D eigenvalue weighted by Gasteiger charge is -2.24. The number of halogens is 1. The number of aryl methyl sites for hydroxylation is 1. The van der Waals surface area contributed by atoms with Crippen molar-refractivity contribution >= 4 is 11.8 Å². The number of amides is 1. The highest BCUT2D eigenvalue weighted by Crippen LogP contribution is 2.29. The summed E-state index contributed by atoms with van der Waals surface area (Å²) in [6, 6.07) is 3.46. The molecule has 0 aliphatic rings. The zero-order valence-electron chi connectivity index (χ0n) is 17.0. The van der Waals surface area contributed by atoms with Crippen molar-refractivity contribution in [3.8, 4) is 11.3 Å². The highest BCUT2D eigenvalue weighted by atomic mass is 19.1. The van der Waals surface area contributed by atoms with Gasteiger partial charge in [-0.15, -0.1) is 0 Å². The summed E-state index contributed by atoms with van der Waals surface area (Å²) >= 11 is 0. The van der Waals surface area contributed by atoms with Gasteiger partial charge < -0.3 is 9.64 Å². The highest BCUT2D eigenvalue weighted by Gasteiger charge is 2.25. The first-order valence-electron chi connectivity index (χ1n) is 8.57. The van der Waals surface area contributed by atoms with Gasteiger partial charge in [-0.2, -0.15) is 19.4 Å². The fourth-order valence-corrected chi connectivity index (χ4v) is 2.04. The fraction of sp³-hybridized carbons (Fsp3) is 0.438. The number of nitrogens with zero attached hydrogens (tertiary/aromatic N) is 5. The maximum Gasteiger partial charge on any atom is 0.410 e. The van der Waals surface area contributed by atoms with Crippen LogP contribution < -0.4 is 0 Å². The largest absolute Gasteiger partial charge is 0.444 e. The third kappa shape index (κ3) is 4.32. The first-order valence-corrected chi connectivity index (χ1v) is 7.57. The number of rotatable bonds is 4. The van der Waals surface area contributed by atoms with E-state index in [1.165, 1.54) is 19.2 Å². The normalized spacial score (nSPS) is 13.0. The predicted molar refractivity (Wildman–Crippen MR) is 90.8 cm³/mol. The van der Waals surface area contributed by atoms with Crippen molar-refractivity contribution in [2.45, 2.75) is 32.9 Å². The lowest BCUT2D eigenvalue weighted by molar-refractivity contribution is -0.387. The van der Waals surface area contributed by atoms with Crippen LogP contribution in [0.15, 0.2) is 18.2 Å². The van der Waals surface area contributed by atoms with Crippen LogP contribution in [0.1, 0.15) is 29.2 Å². The second kappa shape index (κ2) is 7.06. The Balaban J connectivity index is 2.56. The summed E-state index contributed by atoms with van der Waals surface area (Å²) in [6.45, 7) is 2.34.